The van der Waals surface area contributed by atoms with Crippen molar-refractivity contribution in [2.24, 2.45) is 0 Å². The molecule has 2 N–H and O–H groups in total. The molecule has 1 unspecified atom stereocenters. The summed E-state index contributed by atoms with van der Waals surface area (Å²) in [6, 6.07) is 25.8. The molecule has 0 spiro atoms. The average Bonchev–Trinajstić information content (AvgIpc) is 2.77. The van der Waals surface area contributed by atoms with Gasteiger partial charge in [-0.2, -0.15) is 0 Å². The number of aliphatic hydroxyl groups is 1. The molecule has 0 aliphatic heterocycles. The highest BCUT2D eigenvalue weighted by Crippen LogP contribution is 2.21. The van der Waals surface area contributed by atoms with E-state index in [-0.39, 0.29) is 13.0 Å². The molecule has 5 heteroatoms. The van der Waals surface area contributed by atoms with Crippen LogP contribution in [0.5, 0.6) is 0 Å². The summed E-state index contributed by atoms with van der Waals surface area (Å²) in [5.74, 6) is -1.75. The first-order chi connectivity index (χ1) is 14.1. The number of carbonyl (C=O) groups excluding carboxylic acids is 1. The van der Waals surface area contributed by atoms with Crippen LogP contribution < -0.4 is 0 Å². The zero-order chi connectivity index (χ0) is 20.6. The van der Waals surface area contributed by atoms with E-state index in [1.807, 2.05) is 60.7 Å². The fraction of sp³-hybridized carbons (Fsp3) is 0.167. The maximum Gasteiger partial charge on any atom is 0.326 e. The minimum Gasteiger partial charge on any atom is -0.480 e. The lowest BCUT2D eigenvalue weighted by Crippen LogP contribution is -2.47. The summed E-state index contributed by atoms with van der Waals surface area (Å²) in [6.07, 6.45) is -1.28. The first-order valence-electron chi connectivity index (χ1n) is 9.40. The van der Waals surface area contributed by atoms with Crippen molar-refractivity contribution < 1.29 is 19.8 Å². The van der Waals surface area contributed by atoms with E-state index in [1.165, 1.54) is 4.90 Å². The number of carboxylic acids is 1. The zero-order valence-corrected chi connectivity index (χ0v) is 15.9. The van der Waals surface area contributed by atoms with Gasteiger partial charge in [0, 0.05) is 13.0 Å². The van der Waals surface area contributed by atoms with Gasteiger partial charge in [-0.25, -0.2) is 4.79 Å². The number of amides is 1. The monoisotopic (exact) mass is 389 g/mol. The van der Waals surface area contributed by atoms with Crippen LogP contribution in [0, 0.1) is 0 Å². The molecule has 2 atom stereocenters. The number of benzene rings is 3. The lowest BCUT2D eigenvalue weighted by Gasteiger charge is -2.31. The second kappa shape index (κ2) is 9.66. The van der Waals surface area contributed by atoms with Crippen molar-refractivity contribution >= 4 is 11.9 Å². The Bertz CT molecular complexity index is 929. The third-order valence-electron chi connectivity index (χ3n) is 4.76. The largest absolute Gasteiger partial charge is 0.480 e. The van der Waals surface area contributed by atoms with Gasteiger partial charge < -0.3 is 15.1 Å². The molecule has 29 heavy (non-hydrogen) atoms. The van der Waals surface area contributed by atoms with E-state index >= 15 is 0 Å². The number of hydrogen-bond acceptors (Lipinski definition) is 3. The Morgan fingerprint density at radius 1 is 0.759 bits per heavy atom. The molecule has 0 bridgehead atoms. The molecule has 0 fully saturated rings. The predicted molar refractivity (Wildman–Crippen MR) is 110 cm³/mol. The minimum absolute atomic E-state index is 0.0906. The molecule has 3 rings (SSSR count). The molecular weight excluding hydrogens is 366 g/mol. The van der Waals surface area contributed by atoms with E-state index in [0.29, 0.717) is 5.56 Å². The van der Waals surface area contributed by atoms with Gasteiger partial charge in [0.2, 0.25) is 0 Å². The van der Waals surface area contributed by atoms with E-state index in [1.54, 1.807) is 30.3 Å². The number of nitrogens with zero attached hydrogens (tertiary/aromatic N) is 1. The fourth-order valence-electron chi connectivity index (χ4n) is 3.22. The van der Waals surface area contributed by atoms with Gasteiger partial charge in [0.25, 0.3) is 5.91 Å². The minimum atomic E-state index is -1.43. The summed E-state index contributed by atoms with van der Waals surface area (Å²) >= 11 is 0. The quantitative estimate of drug-likeness (QED) is 0.619. The number of carboxylic acid groups (broad SMARTS) is 1. The highest BCUT2D eigenvalue weighted by molar-refractivity contribution is 5.87. The van der Waals surface area contributed by atoms with Crippen LogP contribution in [0.4, 0.5) is 0 Å². The smallest absolute Gasteiger partial charge is 0.326 e. The van der Waals surface area contributed by atoms with Gasteiger partial charge in [-0.15, -0.1) is 0 Å². The zero-order valence-electron chi connectivity index (χ0n) is 15.9. The third-order valence-corrected chi connectivity index (χ3v) is 4.76. The summed E-state index contributed by atoms with van der Waals surface area (Å²) in [7, 11) is 0. The summed E-state index contributed by atoms with van der Waals surface area (Å²) in [5, 5.41) is 20.6. The molecule has 0 aliphatic rings. The number of aliphatic hydroxyl groups excluding tert-OH is 1. The molecule has 148 valence electrons. The van der Waals surface area contributed by atoms with Crippen LogP contribution >= 0.6 is 0 Å². The molecule has 3 aromatic carbocycles. The van der Waals surface area contributed by atoms with Gasteiger partial charge in [0.05, 0.1) is 0 Å². The maximum absolute atomic E-state index is 13.2. The van der Waals surface area contributed by atoms with Crippen LogP contribution in [-0.4, -0.2) is 33.0 Å². The first kappa shape index (κ1) is 20.3. The van der Waals surface area contributed by atoms with E-state index < -0.39 is 24.0 Å². The van der Waals surface area contributed by atoms with E-state index in [2.05, 4.69) is 0 Å². The van der Waals surface area contributed by atoms with Crippen LogP contribution in [0.15, 0.2) is 91.0 Å². The molecule has 0 aliphatic carbocycles. The van der Waals surface area contributed by atoms with Crippen LogP contribution in [0.2, 0.25) is 0 Å². The Morgan fingerprint density at radius 3 is 1.76 bits per heavy atom. The van der Waals surface area contributed by atoms with E-state index in [0.717, 1.165) is 11.1 Å². The predicted octanol–water partition coefficient (Wildman–Crippen LogP) is 3.44. The highest BCUT2D eigenvalue weighted by Gasteiger charge is 2.33. The van der Waals surface area contributed by atoms with E-state index in [4.69, 9.17) is 0 Å². The summed E-state index contributed by atoms with van der Waals surface area (Å²) in [6.45, 7) is 0.0906. The SMILES string of the molecule is O=C(O)[C@H](Cc1ccccc1)N(Cc1ccccc1)C(=O)C(O)c1ccccc1. The normalized spacial score (nSPS) is 12.7. The Balaban J connectivity index is 1.94. The summed E-state index contributed by atoms with van der Waals surface area (Å²) < 4.78 is 0. The van der Waals surface area contributed by atoms with Gasteiger partial charge in [-0.05, 0) is 16.7 Å². The van der Waals surface area contributed by atoms with Gasteiger partial charge >= 0.3 is 5.97 Å². The first-order valence-corrected chi connectivity index (χ1v) is 9.40. The van der Waals surface area contributed by atoms with Gasteiger partial charge in [0.1, 0.15) is 6.04 Å². The van der Waals surface area contributed by atoms with Gasteiger partial charge in [-0.1, -0.05) is 91.0 Å². The molecule has 5 nitrogen and oxygen atoms in total. The molecule has 3 aromatic rings. The van der Waals surface area contributed by atoms with Crippen molar-refractivity contribution in [3.63, 3.8) is 0 Å². The highest BCUT2D eigenvalue weighted by atomic mass is 16.4. The van der Waals surface area contributed by atoms with Crippen molar-refractivity contribution in [1.82, 2.24) is 4.90 Å². The lowest BCUT2D eigenvalue weighted by molar-refractivity contribution is -0.155. The number of aliphatic carboxylic acids is 1. The maximum atomic E-state index is 13.2. The molecule has 0 saturated carbocycles. The summed E-state index contributed by atoms with van der Waals surface area (Å²) in [4.78, 5) is 26.6. The van der Waals surface area contributed by atoms with Crippen LogP contribution in [0.3, 0.4) is 0 Å². The van der Waals surface area contributed by atoms with Crippen molar-refractivity contribution in [2.75, 3.05) is 0 Å². The van der Waals surface area contributed by atoms with Gasteiger partial charge in [0.15, 0.2) is 6.10 Å². The topological polar surface area (TPSA) is 77.8 Å². The van der Waals surface area contributed by atoms with Gasteiger partial charge in [-0.3, -0.25) is 4.79 Å². The van der Waals surface area contributed by atoms with Crippen molar-refractivity contribution in [2.45, 2.75) is 25.1 Å². The van der Waals surface area contributed by atoms with Crippen LogP contribution in [0.1, 0.15) is 22.8 Å². The Kier molecular flexibility index (Phi) is 6.76. The third kappa shape index (κ3) is 5.30. The second-order valence-electron chi connectivity index (χ2n) is 6.81. The Labute approximate surface area is 169 Å². The molecule has 0 saturated heterocycles. The number of carbonyl (C=O) groups is 2. The van der Waals surface area contributed by atoms with Crippen LogP contribution in [0.25, 0.3) is 0 Å². The number of rotatable bonds is 8. The van der Waals surface area contributed by atoms with Crippen molar-refractivity contribution in [3.05, 3.63) is 108 Å². The summed E-state index contributed by atoms with van der Waals surface area (Å²) in [5.41, 5.74) is 2.03. The molecule has 0 aromatic heterocycles. The van der Waals surface area contributed by atoms with Crippen molar-refractivity contribution in [1.29, 1.82) is 0 Å². The Morgan fingerprint density at radius 2 is 1.24 bits per heavy atom. The molecule has 0 radical (unpaired) electrons. The molecular formula is C24H23NO4. The molecule has 0 heterocycles. The second-order valence-corrected chi connectivity index (χ2v) is 6.81. The standard InChI is InChI=1S/C24H23NO4/c26-22(20-14-8-3-9-15-20)23(27)25(17-19-12-6-2-7-13-19)21(24(28)29)16-18-10-4-1-5-11-18/h1-15,21-22,26H,16-17H2,(H,28,29)/t21-,22?/m0/s1. The van der Waals surface area contributed by atoms with E-state index in [9.17, 15) is 19.8 Å². The number of hydrogen-bond donors (Lipinski definition) is 2. The fourth-order valence-corrected chi connectivity index (χ4v) is 3.22. The lowest BCUT2D eigenvalue weighted by atomic mass is 10.0. The average molecular weight is 389 g/mol. The Hall–Kier alpha value is -3.44. The van der Waals surface area contributed by atoms with Crippen LogP contribution in [-0.2, 0) is 22.6 Å². The van der Waals surface area contributed by atoms with Crippen molar-refractivity contribution in [3.8, 4) is 0 Å². The molecule has 1 amide bonds.